The number of aliphatic hydroxyl groups is 1. The molecule has 1 aliphatic carbocycles. The molecule has 1 fully saturated rings. The third kappa shape index (κ3) is 3.68. The van der Waals surface area contributed by atoms with Gasteiger partial charge in [0.1, 0.15) is 5.72 Å². The van der Waals surface area contributed by atoms with E-state index >= 15 is 0 Å². The van der Waals surface area contributed by atoms with Gasteiger partial charge in [-0.1, -0.05) is 24.3 Å². The summed E-state index contributed by atoms with van der Waals surface area (Å²) in [5.41, 5.74) is 2.49. The topological polar surface area (TPSA) is 63.6 Å². The van der Waals surface area contributed by atoms with Crippen molar-refractivity contribution >= 4 is 0 Å². The van der Waals surface area contributed by atoms with Gasteiger partial charge >= 0.3 is 0 Å². The van der Waals surface area contributed by atoms with Gasteiger partial charge in [-0.2, -0.15) is 0 Å². The largest absolute Gasteiger partial charge is 0.491 e. The first-order valence-electron chi connectivity index (χ1n) is 8.28. The molecule has 0 amide bonds. The van der Waals surface area contributed by atoms with Crippen LogP contribution in [-0.4, -0.2) is 30.0 Å². The van der Waals surface area contributed by atoms with Crippen molar-refractivity contribution in [3.8, 4) is 22.8 Å². The van der Waals surface area contributed by atoms with Gasteiger partial charge < -0.3 is 14.6 Å². The van der Waals surface area contributed by atoms with Gasteiger partial charge in [0.25, 0.3) is 5.88 Å². The molecule has 1 aromatic heterocycles. The van der Waals surface area contributed by atoms with Crippen molar-refractivity contribution in [1.82, 2.24) is 10.3 Å². The highest BCUT2D eigenvalue weighted by Crippen LogP contribution is 2.30. The van der Waals surface area contributed by atoms with E-state index in [0.717, 1.165) is 42.4 Å². The Morgan fingerprint density at radius 3 is 2.42 bits per heavy atom. The van der Waals surface area contributed by atoms with Crippen molar-refractivity contribution in [3.63, 3.8) is 0 Å². The smallest absolute Gasteiger partial charge is 0.256 e. The molecule has 0 saturated heterocycles. The summed E-state index contributed by atoms with van der Waals surface area (Å²) in [4.78, 5) is 4.27. The van der Waals surface area contributed by atoms with E-state index in [1.54, 1.807) is 20.4 Å². The van der Waals surface area contributed by atoms with E-state index in [0.29, 0.717) is 18.2 Å². The first kappa shape index (κ1) is 16.7. The molecule has 0 unspecified atom stereocenters. The van der Waals surface area contributed by atoms with Crippen LogP contribution in [0, 0.1) is 0 Å². The fourth-order valence-electron chi connectivity index (χ4n) is 3.11. The van der Waals surface area contributed by atoms with Gasteiger partial charge in [0.15, 0.2) is 5.75 Å². The maximum Gasteiger partial charge on any atom is 0.256 e. The molecular weight excluding hydrogens is 304 g/mol. The van der Waals surface area contributed by atoms with Crippen LogP contribution >= 0.6 is 0 Å². The van der Waals surface area contributed by atoms with E-state index in [2.05, 4.69) is 34.6 Å². The van der Waals surface area contributed by atoms with Crippen molar-refractivity contribution in [1.29, 1.82) is 0 Å². The van der Waals surface area contributed by atoms with E-state index < -0.39 is 5.72 Å². The monoisotopic (exact) mass is 328 g/mol. The molecule has 5 heteroatoms. The minimum absolute atomic E-state index is 0.479. The number of aromatic nitrogens is 1. The van der Waals surface area contributed by atoms with Gasteiger partial charge in [-0.3, -0.25) is 5.32 Å². The first-order valence-corrected chi connectivity index (χ1v) is 8.28. The summed E-state index contributed by atoms with van der Waals surface area (Å²) in [6.45, 7) is 0.668. The third-order valence-corrected chi connectivity index (χ3v) is 4.57. The van der Waals surface area contributed by atoms with Crippen molar-refractivity contribution in [2.24, 2.45) is 0 Å². The Balaban J connectivity index is 1.70. The summed E-state index contributed by atoms with van der Waals surface area (Å²) < 4.78 is 10.5. The minimum atomic E-state index is -0.689. The number of methoxy groups -OCH3 is 2. The molecule has 1 saturated carbocycles. The Hall–Kier alpha value is -2.11. The lowest BCUT2D eigenvalue weighted by molar-refractivity contribution is 0.0104. The Kier molecular flexibility index (Phi) is 5.02. The lowest BCUT2D eigenvalue weighted by atomic mass is 10.0. The summed E-state index contributed by atoms with van der Waals surface area (Å²) in [7, 11) is 3.18. The second-order valence-electron chi connectivity index (χ2n) is 6.22. The molecule has 0 radical (unpaired) electrons. The van der Waals surface area contributed by atoms with E-state index in [1.165, 1.54) is 0 Å². The van der Waals surface area contributed by atoms with Crippen molar-refractivity contribution in [2.45, 2.75) is 38.0 Å². The van der Waals surface area contributed by atoms with Gasteiger partial charge in [-0.15, -0.1) is 0 Å². The van der Waals surface area contributed by atoms with Crippen LogP contribution in [0.1, 0.15) is 31.2 Å². The van der Waals surface area contributed by atoms with Gasteiger partial charge in [-0.25, -0.2) is 4.98 Å². The first-order chi connectivity index (χ1) is 11.6. The van der Waals surface area contributed by atoms with Crippen LogP contribution in [0.25, 0.3) is 11.1 Å². The summed E-state index contributed by atoms with van der Waals surface area (Å²) in [5, 5.41) is 13.6. The molecule has 1 aromatic carbocycles. The number of hydrogen-bond donors (Lipinski definition) is 2. The quantitative estimate of drug-likeness (QED) is 0.798. The molecule has 0 aliphatic heterocycles. The predicted octanol–water partition coefficient (Wildman–Crippen LogP) is 3.12. The maximum absolute atomic E-state index is 10.3. The van der Waals surface area contributed by atoms with Crippen LogP contribution in [0.4, 0.5) is 0 Å². The van der Waals surface area contributed by atoms with Crippen molar-refractivity contribution in [2.75, 3.05) is 14.2 Å². The highest BCUT2D eigenvalue weighted by molar-refractivity contribution is 5.65. The number of hydrogen-bond acceptors (Lipinski definition) is 5. The minimum Gasteiger partial charge on any atom is -0.491 e. The Bertz CT molecular complexity index is 680. The molecule has 3 rings (SSSR count). The zero-order valence-corrected chi connectivity index (χ0v) is 14.2. The van der Waals surface area contributed by atoms with Gasteiger partial charge in [0.2, 0.25) is 0 Å². The SMILES string of the molecule is COc1cc(-c2ccc(CNC3(O)CCCC3)cc2)cnc1OC. The Labute approximate surface area is 142 Å². The van der Waals surface area contributed by atoms with Crippen molar-refractivity contribution in [3.05, 3.63) is 42.1 Å². The standard InChI is InChI=1S/C19H24N2O3/c1-23-17-11-16(13-20-18(17)24-2)15-7-5-14(6-8-15)12-21-19(22)9-3-4-10-19/h5-8,11,13,21-22H,3-4,9-10,12H2,1-2H3. The predicted molar refractivity (Wildman–Crippen MR) is 93.0 cm³/mol. The van der Waals surface area contributed by atoms with Crippen LogP contribution < -0.4 is 14.8 Å². The number of nitrogens with zero attached hydrogens (tertiary/aromatic N) is 1. The molecule has 24 heavy (non-hydrogen) atoms. The number of ether oxygens (including phenoxy) is 2. The molecule has 5 nitrogen and oxygen atoms in total. The van der Waals surface area contributed by atoms with Crippen LogP contribution in [0.5, 0.6) is 11.6 Å². The number of nitrogens with one attached hydrogen (secondary N) is 1. The van der Waals surface area contributed by atoms with E-state index in [9.17, 15) is 5.11 Å². The van der Waals surface area contributed by atoms with Crippen LogP contribution in [0.2, 0.25) is 0 Å². The molecule has 0 atom stereocenters. The lowest BCUT2D eigenvalue weighted by Gasteiger charge is -2.23. The number of pyridine rings is 1. The van der Waals surface area contributed by atoms with E-state index in [1.807, 2.05) is 6.07 Å². The fraction of sp³-hybridized carbons (Fsp3) is 0.421. The molecule has 1 heterocycles. The molecular formula is C19H24N2O3. The second kappa shape index (κ2) is 7.20. The summed E-state index contributed by atoms with van der Waals surface area (Å²) in [5.74, 6) is 1.09. The van der Waals surface area contributed by atoms with Crippen LogP contribution in [0.3, 0.4) is 0 Å². The van der Waals surface area contributed by atoms with Gasteiger partial charge in [0.05, 0.1) is 14.2 Å². The normalized spacial score (nSPS) is 16.1. The molecule has 0 spiro atoms. The molecule has 0 bridgehead atoms. The molecule has 2 N–H and O–H groups in total. The zero-order valence-electron chi connectivity index (χ0n) is 14.2. The fourth-order valence-corrected chi connectivity index (χ4v) is 3.11. The molecule has 1 aliphatic rings. The van der Waals surface area contributed by atoms with E-state index in [4.69, 9.17) is 9.47 Å². The molecule has 2 aromatic rings. The highest BCUT2D eigenvalue weighted by Gasteiger charge is 2.29. The van der Waals surface area contributed by atoms with Crippen molar-refractivity contribution < 1.29 is 14.6 Å². The summed E-state index contributed by atoms with van der Waals surface area (Å²) in [6.07, 6.45) is 5.63. The molecule has 128 valence electrons. The average molecular weight is 328 g/mol. The number of rotatable bonds is 6. The lowest BCUT2D eigenvalue weighted by Crippen LogP contribution is -2.41. The average Bonchev–Trinajstić information content (AvgIpc) is 3.07. The Morgan fingerprint density at radius 1 is 1.08 bits per heavy atom. The van der Waals surface area contributed by atoms with Gasteiger partial charge in [0, 0.05) is 18.3 Å². The van der Waals surface area contributed by atoms with Crippen LogP contribution in [-0.2, 0) is 6.54 Å². The third-order valence-electron chi connectivity index (χ3n) is 4.57. The zero-order chi connectivity index (χ0) is 17.0. The van der Waals surface area contributed by atoms with E-state index in [-0.39, 0.29) is 0 Å². The maximum atomic E-state index is 10.3. The Morgan fingerprint density at radius 2 is 1.79 bits per heavy atom. The van der Waals surface area contributed by atoms with Gasteiger partial charge in [-0.05, 0) is 42.9 Å². The summed E-state index contributed by atoms with van der Waals surface area (Å²) >= 11 is 0. The van der Waals surface area contributed by atoms with Crippen LogP contribution in [0.15, 0.2) is 36.5 Å². The summed E-state index contributed by atoms with van der Waals surface area (Å²) in [6, 6.07) is 10.2. The highest BCUT2D eigenvalue weighted by atomic mass is 16.5. The number of benzene rings is 1. The second-order valence-corrected chi connectivity index (χ2v) is 6.22.